The van der Waals surface area contributed by atoms with Crippen LogP contribution in [0.1, 0.15) is 24.2 Å². The van der Waals surface area contributed by atoms with Crippen LogP contribution in [-0.2, 0) is 0 Å². The number of benzene rings is 2. The van der Waals surface area contributed by atoms with E-state index in [9.17, 15) is 9.59 Å². The lowest BCUT2D eigenvalue weighted by molar-refractivity contribution is 0.101. The first kappa shape index (κ1) is 16.8. The highest BCUT2D eigenvalue weighted by Gasteiger charge is 2.09. The molecule has 120 valence electrons. The molecule has 2 rings (SSSR count). The molecule has 5 nitrogen and oxygen atoms in total. The van der Waals surface area contributed by atoms with E-state index in [1.54, 1.807) is 42.5 Å². The molecule has 2 aromatic rings. The molecule has 2 aromatic carbocycles. The summed E-state index contributed by atoms with van der Waals surface area (Å²) in [7, 11) is 0. The van der Waals surface area contributed by atoms with Gasteiger partial charge < -0.3 is 15.4 Å². The fourth-order valence-electron chi connectivity index (χ4n) is 1.97. The fourth-order valence-corrected chi connectivity index (χ4v) is 2.14. The third-order valence-corrected chi connectivity index (χ3v) is 3.25. The first-order valence-corrected chi connectivity index (χ1v) is 7.48. The van der Waals surface area contributed by atoms with Crippen molar-refractivity contribution in [3.63, 3.8) is 0 Å². The maximum atomic E-state index is 12.1. The van der Waals surface area contributed by atoms with Crippen LogP contribution in [0.25, 0.3) is 0 Å². The van der Waals surface area contributed by atoms with Crippen LogP contribution >= 0.6 is 11.6 Å². The summed E-state index contributed by atoms with van der Waals surface area (Å²) >= 11 is 5.93. The second-order valence-corrected chi connectivity index (χ2v) is 5.23. The monoisotopic (exact) mass is 332 g/mol. The van der Waals surface area contributed by atoms with Gasteiger partial charge in [-0.3, -0.25) is 4.79 Å². The van der Waals surface area contributed by atoms with Crippen molar-refractivity contribution in [3.8, 4) is 5.75 Å². The molecule has 0 aliphatic carbocycles. The molecule has 23 heavy (non-hydrogen) atoms. The molecule has 0 unspecified atom stereocenters. The highest BCUT2D eigenvalue weighted by atomic mass is 35.5. The van der Waals surface area contributed by atoms with Crippen LogP contribution in [-0.4, -0.2) is 18.4 Å². The minimum Gasteiger partial charge on any atom is -0.492 e. The quantitative estimate of drug-likeness (QED) is 0.787. The van der Waals surface area contributed by atoms with Crippen molar-refractivity contribution in [3.05, 3.63) is 53.1 Å². The lowest BCUT2D eigenvalue weighted by Gasteiger charge is -2.13. The summed E-state index contributed by atoms with van der Waals surface area (Å²) in [6.07, 6.45) is 0. The zero-order chi connectivity index (χ0) is 16.8. The number of hydrogen-bond acceptors (Lipinski definition) is 3. The zero-order valence-corrected chi connectivity index (χ0v) is 13.6. The molecule has 0 heterocycles. The van der Waals surface area contributed by atoms with Crippen molar-refractivity contribution in [2.24, 2.45) is 0 Å². The predicted octanol–water partition coefficient (Wildman–Crippen LogP) is 4.59. The Labute approximate surface area is 139 Å². The van der Waals surface area contributed by atoms with Gasteiger partial charge in [0.15, 0.2) is 5.78 Å². The van der Waals surface area contributed by atoms with Gasteiger partial charge in [0, 0.05) is 22.3 Å². The van der Waals surface area contributed by atoms with Gasteiger partial charge in [0.25, 0.3) is 0 Å². The summed E-state index contributed by atoms with van der Waals surface area (Å²) in [6, 6.07) is 11.3. The molecule has 0 radical (unpaired) electrons. The largest absolute Gasteiger partial charge is 0.492 e. The molecule has 0 bridgehead atoms. The number of anilines is 2. The van der Waals surface area contributed by atoms with Gasteiger partial charge in [-0.2, -0.15) is 0 Å². The average molecular weight is 333 g/mol. The molecule has 6 heteroatoms. The molecule has 0 aliphatic rings. The van der Waals surface area contributed by atoms with E-state index in [-0.39, 0.29) is 5.78 Å². The SMILES string of the molecule is CCOc1cc(Cl)ccc1NC(=O)Nc1cccc(C(C)=O)c1. The number of urea groups is 1. The van der Waals surface area contributed by atoms with Crippen molar-refractivity contribution in [1.29, 1.82) is 0 Å². The summed E-state index contributed by atoms with van der Waals surface area (Å²) in [5, 5.41) is 5.90. The Hall–Kier alpha value is -2.53. The van der Waals surface area contributed by atoms with Gasteiger partial charge in [0.1, 0.15) is 5.75 Å². The maximum Gasteiger partial charge on any atom is 0.323 e. The third-order valence-electron chi connectivity index (χ3n) is 3.02. The van der Waals surface area contributed by atoms with E-state index in [0.29, 0.717) is 34.3 Å². The fraction of sp³-hybridized carbons (Fsp3) is 0.176. The third kappa shape index (κ3) is 4.72. The molecule has 0 aliphatic heterocycles. The van der Waals surface area contributed by atoms with Gasteiger partial charge in [0.2, 0.25) is 0 Å². The number of nitrogens with one attached hydrogen (secondary N) is 2. The van der Waals surface area contributed by atoms with Crippen LogP contribution in [0.4, 0.5) is 16.2 Å². The van der Waals surface area contributed by atoms with E-state index in [2.05, 4.69) is 10.6 Å². The molecular weight excluding hydrogens is 316 g/mol. The van der Waals surface area contributed by atoms with Crippen LogP contribution < -0.4 is 15.4 Å². The Morgan fingerprint density at radius 3 is 2.61 bits per heavy atom. The van der Waals surface area contributed by atoms with E-state index < -0.39 is 6.03 Å². The van der Waals surface area contributed by atoms with E-state index in [1.807, 2.05) is 6.92 Å². The van der Waals surface area contributed by atoms with E-state index in [0.717, 1.165) is 0 Å². The van der Waals surface area contributed by atoms with Crippen LogP contribution in [0.2, 0.25) is 5.02 Å². The van der Waals surface area contributed by atoms with E-state index >= 15 is 0 Å². The van der Waals surface area contributed by atoms with Crippen molar-refractivity contribution in [2.75, 3.05) is 17.2 Å². The van der Waals surface area contributed by atoms with E-state index in [1.165, 1.54) is 6.92 Å². The highest BCUT2D eigenvalue weighted by molar-refractivity contribution is 6.30. The number of Topliss-reactive ketones (excluding diaryl/α,β-unsaturated/α-hetero) is 1. The van der Waals surface area contributed by atoms with Gasteiger partial charge in [-0.25, -0.2) is 4.79 Å². The van der Waals surface area contributed by atoms with Crippen molar-refractivity contribution >= 4 is 34.8 Å². The zero-order valence-electron chi connectivity index (χ0n) is 12.9. The first-order chi connectivity index (χ1) is 11.0. The second kappa shape index (κ2) is 7.65. The average Bonchev–Trinajstić information content (AvgIpc) is 2.50. The Morgan fingerprint density at radius 1 is 1.13 bits per heavy atom. The maximum absolute atomic E-state index is 12.1. The van der Waals surface area contributed by atoms with Crippen LogP contribution in [0, 0.1) is 0 Å². The number of halogens is 1. The van der Waals surface area contributed by atoms with Gasteiger partial charge in [-0.15, -0.1) is 0 Å². The smallest absolute Gasteiger partial charge is 0.323 e. The molecule has 0 spiro atoms. The summed E-state index contributed by atoms with van der Waals surface area (Å²) in [4.78, 5) is 23.5. The Kier molecular flexibility index (Phi) is 5.60. The topological polar surface area (TPSA) is 67.4 Å². The number of amides is 2. The van der Waals surface area contributed by atoms with Gasteiger partial charge in [0.05, 0.1) is 12.3 Å². The minimum atomic E-state index is -0.436. The number of carbonyl (C=O) groups is 2. The number of ketones is 1. The molecule has 0 fully saturated rings. The predicted molar refractivity (Wildman–Crippen MR) is 91.7 cm³/mol. The Balaban J connectivity index is 2.11. The number of hydrogen-bond donors (Lipinski definition) is 2. The molecule has 0 atom stereocenters. The van der Waals surface area contributed by atoms with Gasteiger partial charge >= 0.3 is 6.03 Å². The van der Waals surface area contributed by atoms with Crippen LogP contribution in [0.5, 0.6) is 5.75 Å². The Bertz CT molecular complexity index is 732. The molecule has 0 aromatic heterocycles. The standard InChI is InChI=1S/C17H17ClN2O3/c1-3-23-16-10-13(18)7-8-15(16)20-17(22)19-14-6-4-5-12(9-14)11(2)21/h4-10H,3H2,1-2H3,(H2,19,20,22). The van der Waals surface area contributed by atoms with Crippen LogP contribution in [0.3, 0.4) is 0 Å². The second-order valence-electron chi connectivity index (χ2n) is 4.79. The summed E-state index contributed by atoms with van der Waals surface area (Å²) in [5.74, 6) is 0.429. The molecule has 0 saturated heterocycles. The Morgan fingerprint density at radius 2 is 1.91 bits per heavy atom. The normalized spacial score (nSPS) is 10.0. The number of carbonyl (C=O) groups excluding carboxylic acids is 2. The van der Waals surface area contributed by atoms with Gasteiger partial charge in [-0.1, -0.05) is 23.7 Å². The van der Waals surface area contributed by atoms with Crippen molar-refractivity contribution < 1.29 is 14.3 Å². The van der Waals surface area contributed by atoms with Gasteiger partial charge in [-0.05, 0) is 38.1 Å². The number of rotatable bonds is 5. The summed E-state index contributed by atoms with van der Waals surface area (Å²) < 4.78 is 5.45. The summed E-state index contributed by atoms with van der Waals surface area (Å²) in [5.41, 5.74) is 1.57. The van der Waals surface area contributed by atoms with Crippen molar-refractivity contribution in [1.82, 2.24) is 0 Å². The van der Waals surface area contributed by atoms with E-state index in [4.69, 9.17) is 16.3 Å². The van der Waals surface area contributed by atoms with Crippen LogP contribution in [0.15, 0.2) is 42.5 Å². The lowest BCUT2D eigenvalue weighted by atomic mass is 10.1. The lowest BCUT2D eigenvalue weighted by Crippen LogP contribution is -2.20. The molecular formula is C17H17ClN2O3. The highest BCUT2D eigenvalue weighted by Crippen LogP contribution is 2.28. The minimum absolute atomic E-state index is 0.0645. The first-order valence-electron chi connectivity index (χ1n) is 7.11. The van der Waals surface area contributed by atoms with Crippen molar-refractivity contribution in [2.45, 2.75) is 13.8 Å². The molecule has 2 amide bonds. The summed E-state index contributed by atoms with van der Waals surface area (Å²) in [6.45, 7) is 3.77. The number of ether oxygens (including phenoxy) is 1. The molecule has 0 saturated carbocycles. The molecule has 2 N–H and O–H groups in total.